The molecule has 2 aromatic carbocycles. The van der Waals surface area contributed by atoms with E-state index >= 15 is 0 Å². The topological polar surface area (TPSA) is 35.5 Å². The van der Waals surface area contributed by atoms with Crippen LogP contribution in [0.5, 0.6) is 0 Å². The largest absolute Gasteiger partial charge is 0.378 e. The number of nitrogens with zero attached hydrogens (tertiary/aromatic N) is 5. The Morgan fingerprint density at radius 2 is 1.70 bits per heavy atom. The van der Waals surface area contributed by atoms with Gasteiger partial charge in [0.25, 0.3) is 0 Å². The number of rotatable bonds is 4. The molecule has 30 heavy (non-hydrogen) atoms. The first-order chi connectivity index (χ1) is 14.5. The van der Waals surface area contributed by atoms with Gasteiger partial charge < -0.3 is 14.7 Å². The van der Waals surface area contributed by atoms with Crippen LogP contribution in [0.3, 0.4) is 0 Å². The Morgan fingerprint density at radius 3 is 2.37 bits per heavy atom. The summed E-state index contributed by atoms with van der Waals surface area (Å²) in [5, 5.41) is 1.56. The minimum Gasteiger partial charge on any atom is -0.378 e. The fourth-order valence-corrected chi connectivity index (χ4v) is 4.34. The Morgan fingerprint density at radius 1 is 0.967 bits per heavy atom. The summed E-state index contributed by atoms with van der Waals surface area (Å²) in [5.41, 5.74) is 3.04. The van der Waals surface area contributed by atoms with Crippen molar-refractivity contribution in [2.24, 2.45) is 0 Å². The molecule has 0 radical (unpaired) electrons. The van der Waals surface area contributed by atoms with E-state index in [1.807, 2.05) is 14.1 Å². The Kier molecular flexibility index (Phi) is 4.89. The summed E-state index contributed by atoms with van der Waals surface area (Å²) in [6.45, 7) is 3.28. The highest BCUT2D eigenvalue weighted by Crippen LogP contribution is 2.40. The third-order valence-corrected chi connectivity index (χ3v) is 6.27. The minimum atomic E-state index is -0.306. The maximum atomic E-state index is 13.4. The third kappa shape index (κ3) is 3.65. The van der Waals surface area contributed by atoms with Gasteiger partial charge >= 0.3 is 0 Å². The van der Waals surface area contributed by atoms with Crippen molar-refractivity contribution >= 4 is 39.7 Å². The van der Waals surface area contributed by atoms with Gasteiger partial charge in [0, 0.05) is 57.3 Å². The first kappa shape index (κ1) is 19.4. The molecule has 1 saturated heterocycles. The molecule has 2 fully saturated rings. The molecule has 3 aromatic rings. The van der Waals surface area contributed by atoms with E-state index in [1.165, 1.54) is 25.0 Å². The van der Waals surface area contributed by atoms with Gasteiger partial charge in [-0.2, -0.15) is 0 Å². The summed E-state index contributed by atoms with van der Waals surface area (Å²) >= 11 is 6.28. The minimum absolute atomic E-state index is 0.306. The molecule has 0 N–H and O–H groups in total. The van der Waals surface area contributed by atoms with Crippen LogP contribution in [-0.4, -0.2) is 50.2 Å². The van der Waals surface area contributed by atoms with Crippen LogP contribution in [0, 0.1) is 5.82 Å². The highest BCUT2D eigenvalue weighted by atomic mass is 35.5. The Hall–Kier alpha value is -2.60. The van der Waals surface area contributed by atoms with Crippen molar-refractivity contribution < 1.29 is 4.39 Å². The lowest BCUT2D eigenvalue weighted by Crippen LogP contribution is -2.47. The molecule has 7 heteroatoms. The van der Waals surface area contributed by atoms with Gasteiger partial charge in [0.2, 0.25) is 0 Å². The molecule has 156 valence electrons. The zero-order chi connectivity index (χ0) is 20.8. The summed E-state index contributed by atoms with van der Waals surface area (Å²) in [4.78, 5) is 16.5. The monoisotopic (exact) mass is 425 g/mol. The molecule has 1 aromatic heterocycles. The first-order valence-corrected chi connectivity index (χ1v) is 10.8. The van der Waals surface area contributed by atoms with Crippen LogP contribution < -0.4 is 14.7 Å². The van der Waals surface area contributed by atoms with Gasteiger partial charge in [0.05, 0.1) is 16.2 Å². The Bertz CT molecular complexity index is 1090. The molecule has 2 heterocycles. The molecule has 0 amide bonds. The molecule has 1 aliphatic heterocycles. The average molecular weight is 426 g/mol. The van der Waals surface area contributed by atoms with Crippen LogP contribution in [0.1, 0.15) is 24.6 Å². The standard InChI is InChI=1S/C23H25ClFN5/c1-28(2)17-6-7-20-18(14-17)23(27-22(26-20)15-3-4-15)30-11-9-29(10-12-30)21-8-5-16(25)13-19(21)24/h5-8,13-15H,3-4,9-12H2,1-2H3. The molecule has 5 nitrogen and oxygen atoms in total. The maximum Gasteiger partial charge on any atom is 0.140 e. The zero-order valence-electron chi connectivity index (χ0n) is 17.3. The second kappa shape index (κ2) is 7.58. The summed E-state index contributed by atoms with van der Waals surface area (Å²) in [6.07, 6.45) is 2.36. The van der Waals surface area contributed by atoms with Crippen LogP contribution in [0.2, 0.25) is 5.02 Å². The quantitative estimate of drug-likeness (QED) is 0.605. The van der Waals surface area contributed by atoms with Crippen molar-refractivity contribution in [2.75, 3.05) is 55.0 Å². The summed E-state index contributed by atoms with van der Waals surface area (Å²) in [5.74, 6) is 2.19. The van der Waals surface area contributed by atoms with Crippen LogP contribution in [0.15, 0.2) is 36.4 Å². The molecule has 1 aliphatic carbocycles. The third-order valence-electron chi connectivity index (χ3n) is 5.97. The van der Waals surface area contributed by atoms with Gasteiger partial charge in [0.1, 0.15) is 17.5 Å². The van der Waals surface area contributed by atoms with Gasteiger partial charge in [-0.15, -0.1) is 0 Å². The van der Waals surface area contributed by atoms with E-state index in [4.69, 9.17) is 21.6 Å². The lowest BCUT2D eigenvalue weighted by molar-refractivity contribution is 0.624. The number of anilines is 3. The predicted molar refractivity (Wildman–Crippen MR) is 122 cm³/mol. The molecule has 0 spiro atoms. The maximum absolute atomic E-state index is 13.4. The van der Waals surface area contributed by atoms with E-state index < -0.39 is 0 Å². The fraction of sp³-hybridized carbons (Fsp3) is 0.391. The van der Waals surface area contributed by atoms with Crippen molar-refractivity contribution in [1.29, 1.82) is 0 Å². The Labute approximate surface area is 181 Å². The summed E-state index contributed by atoms with van der Waals surface area (Å²) < 4.78 is 13.4. The second-order valence-electron chi connectivity index (χ2n) is 8.35. The number of benzene rings is 2. The van der Waals surface area contributed by atoms with E-state index in [9.17, 15) is 4.39 Å². The number of halogens is 2. The molecule has 0 atom stereocenters. The van der Waals surface area contributed by atoms with Crippen molar-refractivity contribution in [3.8, 4) is 0 Å². The first-order valence-electron chi connectivity index (χ1n) is 10.4. The van der Waals surface area contributed by atoms with Gasteiger partial charge in [-0.3, -0.25) is 0 Å². The van der Waals surface area contributed by atoms with E-state index in [0.717, 1.165) is 60.1 Å². The van der Waals surface area contributed by atoms with Crippen molar-refractivity contribution in [3.05, 3.63) is 53.1 Å². The lowest BCUT2D eigenvalue weighted by atomic mass is 10.1. The van der Waals surface area contributed by atoms with Gasteiger partial charge in [-0.25, -0.2) is 14.4 Å². The number of hydrogen-bond donors (Lipinski definition) is 0. The van der Waals surface area contributed by atoms with E-state index in [-0.39, 0.29) is 5.82 Å². The molecule has 0 unspecified atom stereocenters. The fourth-order valence-electron chi connectivity index (χ4n) is 4.06. The molecular weight excluding hydrogens is 401 g/mol. The number of fused-ring (bicyclic) bond motifs is 1. The molecule has 5 rings (SSSR count). The lowest BCUT2D eigenvalue weighted by Gasteiger charge is -2.37. The second-order valence-corrected chi connectivity index (χ2v) is 8.75. The SMILES string of the molecule is CN(C)c1ccc2nc(C3CC3)nc(N3CCN(c4ccc(F)cc4Cl)CC3)c2c1. The molecule has 0 bridgehead atoms. The van der Waals surface area contributed by atoms with E-state index in [0.29, 0.717) is 10.9 Å². The van der Waals surface area contributed by atoms with Crippen LogP contribution in [0.25, 0.3) is 10.9 Å². The number of hydrogen-bond acceptors (Lipinski definition) is 5. The van der Waals surface area contributed by atoms with Crippen molar-refractivity contribution in [2.45, 2.75) is 18.8 Å². The van der Waals surface area contributed by atoms with E-state index in [2.05, 4.69) is 32.9 Å². The normalized spacial score (nSPS) is 16.9. The molecule has 2 aliphatic rings. The predicted octanol–water partition coefficient (Wildman–Crippen LogP) is 4.69. The van der Waals surface area contributed by atoms with Crippen LogP contribution >= 0.6 is 11.6 Å². The summed E-state index contributed by atoms with van der Waals surface area (Å²) in [7, 11) is 4.09. The number of aromatic nitrogens is 2. The van der Waals surface area contributed by atoms with Crippen LogP contribution in [0.4, 0.5) is 21.6 Å². The van der Waals surface area contributed by atoms with Gasteiger partial charge in [-0.05, 0) is 49.2 Å². The molecule has 1 saturated carbocycles. The van der Waals surface area contributed by atoms with Crippen molar-refractivity contribution in [3.63, 3.8) is 0 Å². The van der Waals surface area contributed by atoms with Gasteiger partial charge in [-0.1, -0.05) is 11.6 Å². The summed E-state index contributed by atoms with van der Waals surface area (Å²) in [6, 6.07) is 11.0. The van der Waals surface area contributed by atoms with Gasteiger partial charge in [0.15, 0.2) is 0 Å². The highest BCUT2D eigenvalue weighted by molar-refractivity contribution is 6.33. The Balaban J connectivity index is 1.46. The van der Waals surface area contributed by atoms with Crippen LogP contribution in [-0.2, 0) is 0 Å². The molecular formula is C23H25ClFN5. The smallest absolute Gasteiger partial charge is 0.140 e. The van der Waals surface area contributed by atoms with E-state index in [1.54, 1.807) is 6.07 Å². The average Bonchev–Trinajstić information content (AvgIpc) is 3.58. The zero-order valence-corrected chi connectivity index (χ0v) is 18.0. The number of piperazine rings is 1. The van der Waals surface area contributed by atoms with Crippen molar-refractivity contribution in [1.82, 2.24) is 9.97 Å². The highest BCUT2D eigenvalue weighted by Gasteiger charge is 2.29.